The summed E-state index contributed by atoms with van der Waals surface area (Å²) < 4.78 is 1.74. The van der Waals surface area contributed by atoms with Gasteiger partial charge in [0.25, 0.3) is 0 Å². The van der Waals surface area contributed by atoms with Crippen molar-refractivity contribution in [2.24, 2.45) is 0 Å². The van der Waals surface area contributed by atoms with Crippen molar-refractivity contribution in [3.63, 3.8) is 0 Å². The second kappa shape index (κ2) is 4.79. The Morgan fingerprint density at radius 3 is 2.72 bits per heavy atom. The van der Waals surface area contributed by atoms with Crippen molar-refractivity contribution in [2.75, 3.05) is 12.4 Å². The molecule has 2 aromatic heterocycles. The SMILES string of the molecule is CNc1nc(-c2ccc(Cl)s2)nc(C2CC2)c1Br. The van der Waals surface area contributed by atoms with Crippen LogP contribution in [0.5, 0.6) is 0 Å². The molecule has 0 aromatic carbocycles. The Morgan fingerprint density at radius 1 is 1.39 bits per heavy atom. The Morgan fingerprint density at radius 2 is 2.17 bits per heavy atom. The van der Waals surface area contributed by atoms with Gasteiger partial charge in [0.05, 0.1) is 19.4 Å². The van der Waals surface area contributed by atoms with Gasteiger partial charge in [-0.05, 0) is 40.9 Å². The maximum Gasteiger partial charge on any atom is 0.172 e. The van der Waals surface area contributed by atoms with Crippen LogP contribution in [0.3, 0.4) is 0 Å². The third-order valence-electron chi connectivity index (χ3n) is 2.87. The number of anilines is 1. The lowest BCUT2D eigenvalue weighted by Crippen LogP contribution is -2.02. The number of rotatable bonds is 3. The molecule has 18 heavy (non-hydrogen) atoms. The molecular weight excluding hydrogens is 334 g/mol. The van der Waals surface area contributed by atoms with Gasteiger partial charge in [0.1, 0.15) is 5.82 Å². The molecule has 0 aliphatic heterocycles. The lowest BCUT2D eigenvalue weighted by atomic mass is 10.2. The topological polar surface area (TPSA) is 37.8 Å². The van der Waals surface area contributed by atoms with Crippen LogP contribution in [-0.4, -0.2) is 17.0 Å². The smallest absolute Gasteiger partial charge is 0.172 e. The zero-order valence-corrected chi connectivity index (χ0v) is 12.9. The molecule has 6 heteroatoms. The van der Waals surface area contributed by atoms with Gasteiger partial charge >= 0.3 is 0 Å². The second-order valence-electron chi connectivity index (χ2n) is 4.22. The van der Waals surface area contributed by atoms with E-state index in [9.17, 15) is 0 Å². The van der Waals surface area contributed by atoms with E-state index in [0.717, 1.165) is 31.0 Å². The van der Waals surface area contributed by atoms with E-state index in [1.54, 1.807) is 0 Å². The van der Waals surface area contributed by atoms with Gasteiger partial charge in [-0.2, -0.15) is 0 Å². The van der Waals surface area contributed by atoms with Gasteiger partial charge in [-0.1, -0.05) is 11.6 Å². The molecule has 0 saturated heterocycles. The second-order valence-corrected chi connectivity index (χ2v) is 6.73. The molecule has 0 amide bonds. The number of hydrogen-bond donors (Lipinski definition) is 1. The molecule has 3 rings (SSSR count). The summed E-state index contributed by atoms with van der Waals surface area (Å²) in [5.74, 6) is 2.16. The summed E-state index contributed by atoms with van der Waals surface area (Å²) >= 11 is 11.1. The quantitative estimate of drug-likeness (QED) is 0.888. The van der Waals surface area contributed by atoms with Crippen LogP contribution in [-0.2, 0) is 0 Å². The van der Waals surface area contributed by atoms with E-state index in [1.807, 2.05) is 19.2 Å². The van der Waals surface area contributed by atoms with E-state index < -0.39 is 0 Å². The fourth-order valence-corrected chi connectivity index (χ4v) is 3.48. The molecule has 1 aliphatic carbocycles. The normalized spacial score (nSPS) is 14.8. The zero-order valence-electron chi connectivity index (χ0n) is 9.70. The summed E-state index contributed by atoms with van der Waals surface area (Å²) in [5.41, 5.74) is 1.11. The first-order valence-corrected chi connectivity index (χ1v) is 7.68. The van der Waals surface area contributed by atoms with Crippen LogP contribution >= 0.6 is 38.9 Å². The van der Waals surface area contributed by atoms with Gasteiger partial charge < -0.3 is 5.32 Å². The maximum absolute atomic E-state index is 5.97. The number of thiophene rings is 1. The van der Waals surface area contributed by atoms with Crippen molar-refractivity contribution >= 4 is 44.7 Å². The van der Waals surface area contributed by atoms with Crippen molar-refractivity contribution in [1.29, 1.82) is 0 Å². The number of halogens is 2. The van der Waals surface area contributed by atoms with Gasteiger partial charge in [0, 0.05) is 13.0 Å². The highest BCUT2D eigenvalue weighted by Gasteiger charge is 2.29. The fraction of sp³-hybridized carbons (Fsp3) is 0.333. The third-order valence-corrected chi connectivity index (χ3v) is 4.88. The largest absolute Gasteiger partial charge is 0.372 e. The van der Waals surface area contributed by atoms with Crippen LogP contribution in [0.15, 0.2) is 16.6 Å². The van der Waals surface area contributed by atoms with Gasteiger partial charge in [-0.25, -0.2) is 9.97 Å². The minimum absolute atomic E-state index is 0.573. The molecule has 1 N–H and O–H groups in total. The summed E-state index contributed by atoms with van der Waals surface area (Å²) in [5, 5.41) is 3.11. The number of hydrogen-bond acceptors (Lipinski definition) is 4. The van der Waals surface area contributed by atoms with Crippen LogP contribution in [0, 0.1) is 0 Å². The first-order chi connectivity index (χ1) is 8.69. The van der Waals surface area contributed by atoms with Gasteiger partial charge in [0.2, 0.25) is 0 Å². The molecule has 2 heterocycles. The fourth-order valence-electron chi connectivity index (χ4n) is 1.80. The molecule has 94 valence electrons. The average molecular weight is 345 g/mol. The summed E-state index contributed by atoms with van der Waals surface area (Å²) in [6.45, 7) is 0. The van der Waals surface area contributed by atoms with Crippen molar-refractivity contribution in [3.8, 4) is 10.7 Å². The van der Waals surface area contributed by atoms with E-state index in [1.165, 1.54) is 24.2 Å². The van der Waals surface area contributed by atoms with E-state index in [2.05, 4.69) is 31.2 Å². The Bertz CT molecular complexity index is 595. The highest BCUT2D eigenvalue weighted by atomic mass is 79.9. The molecule has 0 bridgehead atoms. The molecule has 2 aromatic rings. The van der Waals surface area contributed by atoms with E-state index in [4.69, 9.17) is 11.6 Å². The Hall–Kier alpha value is -0.650. The molecule has 0 unspecified atom stereocenters. The summed E-state index contributed by atoms with van der Waals surface area (Å²) in [4.78, 5) is 10.2. The predicted molar refractivity (Wildman–Crippen MR) is 79.6 cm³/mol. The van der Waals surface area contributed by atoms with E-state index in [-0.39, 0.29) is 0 Å². The first-order valence-electron chi connectivity index (χ1n) is 5.70. The first kappa shape index (κ1) is 12.4. The number of nitrogens with one attached hydrogen (secondary N) is 1. The van der Waals surface area contributed by atoms with Crippen molar-refractivity contribution < 1.29 is 0 Å². The maximum atomic E-state index is 5.97. The predicted octanol–water partition coefficient (Wildman–Crippen LogP) is 4.54. The van der Waals surface area contributed by atoms with E-state index >= 15 is 0 Å². The Labute approximate surface area is 123 Å². The van der Waals surface area contributed by atoms with Gasteiger partial charge in [-0.15, -0.1) is 11.3 Å². The Balaban J connectivity index is 2.12. The van der Waals surface area contributed by atoms with Crippen LogP contribution < -0.4 is 5.32 Å². The molecule has 0 spiro atoms. The highest BCUT2D eigenvalue weighted by Crippen LogP contribution is 2.44. The van der Waals surface area contributed by atoms with Gasteiger partial charge in [-0.3, -0.25) is 0 Å². The monoisotopic (exact) mass is 343 g/mol. The standard InChI is InChI=1S/C12H11BrClN3S/c1-15-12-9(13)10(6-2-3-6)16-11(17-12)7-4-5-8(14)18-7/h4-6H,2-3H2,1H3,(H,15,16,17). The highest BCUT2D eigenvalue weighted by molar-refractivity contribution is 9.10. The average Bonchev–Trinajstić information content (AvgIpc) is 3.12. The molecule has 3 nitrogen and oxygen atoms in total. The zero-order chi connectivity index (χ0) is 12.7. The van der Waals surface area contributed by atoms with Crippen molar-refractivity contribution in [2.45, 2.75) is 18.8 Å². The molecule has 1 fully saturated rings. The van der Waals surface area contributed by atoms with Gasteiger partial charge in [0.15, 0.2) is 5.82 Å². The van der Waals surface area contributed by atoms with Crippen LogP contribution in [0.25, 0.3) is 10.7 Å². The molecule has 1 saturated carbocycles. The minimum Gasteiger partial charge on any atom is -0.372 e. The molecular formula is C12H11BrClN3S. The van der Waals surface area contributed by atoms with Crippen molar-refractivity contribution in [3.05, 3.63) is 26.6 Å². The van der Waals surface area contributed by atoms with E-state index in [0.29, 0.717) is 5.92 Å². The molecule has 1 aliphatic rings. The number of aromatic nitrogens is 2. The minimum atomic E-state index is 0.573. The van der Waals surface area contributed by atoms with Crippen LogP contribution in [0.2, 0.25) is 4.34 Å². The molecule has 0 atom stereocenters. The van der Waals surface area contributed by atoms with Crippen molar-refractivity contribution in [1.82, 2.24) is 9.97 Å². The lowest BCUT2D eigenvalue weighted by molar-refractivity contribution is 0.982. The summed E-state index contributed by atoms with van der Waals surface area (Å²) in [6, 6.07) is 3.84. The van der Waals surface area contributed by atoms with Crippen LogP contribution in [0.4, 0.5) is 5.82 Å². The lowest BCUT2D eigenvalue weighted by Gasteiger charge is -2.09. The number of nitrogens with zero attached hydrogens (tertiary/aromatic N) is 2. The summed E-state index contributed by atoms with van der Waals surface area (Å²) in [6.07, 6.45) is 2.42. The Kier molecular flexibility index (Phi) is 3.30. The van der Waals surface area contributed by atoms with Crippen LogP contribution in [0.1, 0.15) is 24.5 Å². The third kappa shape index (κ3) is 2.27. The summed E-state index contributed by atoms with van der Waals surface area (Å²) in [7, 11) is 1.87. The molecule has 0 radical (unpaired) electrons.